The third-order valence-electron chi connectivity index (χ3n) is 7.31. The van der Waals surface area contributed by atoms with E-state index in [0.717, 1.165) is 22.2 Å². The Morgan fingerprint density at radius 3 is 2.53 bits per heavy atom. The molecule has 0 bridgehead atoms. The number of Topliss-reactive ketones (excluding diaryl/α,β-unsaturated/α-hetero) is 1. The Bertz CT molecular complexity index is 1180. The van der Waals surface area contributed by atoms with Crippen LogP contribution in [0.3, 0.4) is 0 Å². The Morgan fingerprint density at radius 2 is 1.84 bits per heavy atom. The first-order valence-electron chi connectivity index (χ1n) is 11.4. The molecule has 6 heteroatoms. The number of pyridine rings is 1. The van der Waals surface area contributed by atoms with Crippen LogP contribution in [-0.4, -0.2) is 45.6 Å². The van der Waals surface area contributed by atoms with E-state index >= 15 is 0 Å². The predicted octanol–water partition coefficient (Wildman–Crippen LogP) is 3.83. The van der Waals surface area contributed by atoms with Gasteiger partial charge in [0.05, 0.1) is 29.1 Å². The zero-order valence-corrected chi connectivity index (χ0v) is 19.2. The number of rotatable bonds is 3. The van der Waals surface area contributed by atoms with E-state index in [1.54, 1.807) is 6.20 Å². The first kappa shape index (κ1) is 20.9. The summed E-state index contributed by atoms with van der Waals surface area (Å²) in [6.07, 6.45) is 6.44. The predicted molar refractivity (Wildman–Crippen MR) is 124 cm³/mol. The fourth-order valence-electron chi connectivity index (χ4n) is 5.56. The monoisotopic (exact) mass is 431 g/mol. The maximum absolute atomic E-state index is 13.8. The molecule has 0 spiro atoms. The minimum absolute atomic E-state index is 0.0173. The van der Waals surface area contributed by atoms with Gasteiger partial charge in [-0.15, -0.1) is 0 Å². The SMILES string of the molecule is CC[C@@H](C)N1C(=O)[C@@H]2[C@H](C1=O)[C@@H]1C=Cc3ccc4cccnc4c3N1[C@@H]2C(=O)C(C)(C)C. The third-order valence-corrected chi connectivity index (χ3v) is 7.31. The molecule has 0 saturated carbocycles. The van der Waals surface area contributed by atoms with Gasteiger partial charge in [-0.1, -0.05) is 58.0 Å². The molecule has 2 amide bonds. The fraction of sp³-hybridized carbons (Fsp3) is 0.462. The summed E-state index contributed by atoms with van der Waals surface area (Å²) >= 11 is 0. The van der Waals surface area contributed by atoms with Crippen molar-refractivity contribution in [3.8, 4) is 0 Å². The average molecular weight is 432 g/mol. The number of likely N-dealkylation sites (tertiary alicyclic amines) is 1. The maximum atomic E-state index is 13.8. The quantitative estimate of drug-likeness (QED) is 0.691. The third kappa shape index (κ3) is 2.71. The van der Waals surface area contributed by atoms with Crippen LogP contribution in [0.1, 0.15) is 46.6 Å². The van der Waals surface area contributed by atoms with Gasteiger partial charge < -0.3 is 4.90 Å². The van der Waals surface area contributed by atoms with Gasteiger partial charge in [0.15, 0.2) is 5.78 Å². The van der Waals surface area contributed by atoms with Crippen LogP contribution in [0.2, 0.25) is 0 Å². The normalized spacial score (nSPS) is 27.5. The van der Waals surface area contributed by atoms with E-state index in [-0.39, 0.29) is 29.7 Å². The van der Waals surface area contributed by atoms with Crippen molar-refractivity contribution in [3.63, 3.8) is 0 Å². The van der Waals surface area contributed by atoms with Gasteiger partial charge in [-0.2, -0.15) is 0 Å². The van der Waals surface area contributed by atoms with Crippen molar-refractivity contribution < 1.29 is 14.4 Å². The number of benzene rings is 1. The summed E-state index contributed by atoms with van der Waals surface area (Å²) in [4.78, 5) is 49.1. The smallest absolute Gasteiger partial charge is 0.235 e. The Hall–Kier alpha value is -3.02. The zero-order valence-electron chi connectivity index (χ0n) is 19.2. The van der Waals surface area contributed by atoms with Gasteiger partial charge in [-0.25, -0.2) is 0 Å². The number of aromatic nitrogens is 1. The summed E-state index contributed by atoms with van der Waals surface area (Å²) in [7, 11) is 0. The molecule has 6 nitrogen and oxygen atoms in total. The second kappa shape index (κ2) is 6.99. The van der Waals surface area contributed by atoms with Crippen LogP contribution in [0.15, 0.2) is 36.5 Å². The zero-order chi connectivity index (χ0) is 22.9. The van der Waals surface area contributed by atoms with Crippen molar-refractivity contribution in [3.05, 3.63) is 42.1 Å². The minimum Gasteiger partial charge on any atom is -0.351 e. The number of carbonyl (C=O) groups is 3. The highest BCUT2D eigenvalue weighted by atomic mass is 16.2. The lowest BCUT2D eigenvalue weighted by molar-refractivity contribution is -0.144. The van der Waals surface area contributed by atoms with Crippen LogP contribution in [0.4, 0.5) is 5.69 Å². The molecular weight excluding hydrogens is 402 g/mol. The number of imide groups is 1. The van der Waals surface area contributed by atoms with Gasteiger partial charge in [-0.3, -0.25) is 24.3 Å². The molecule has 166 valence electrons. The van der Waals surface area contributed by atoms with E-state index in [4.69, 9.17) is 0 Å². The van der Waals surface area contributed by atoms with E-state index in [1.165, 1.54) is 4.90 Å². The molecule has 2 fully saturated rings. The van der Waals surface area contributed by atoms with Gasteiger partial charge in [0.25, 0.3) is 0 Å². The maximum Gasteiger partial charge on any atom is 0.235 e. The average Bonchev–Trinajstić information content (AvgIpc) is 3.24. The van der Waals surface area contributed by atoms with Crippen molar-refractivity contribution in [2.24, 2.45) is 17.3 Å². The van der Waals surface area contributed by atoms with Crippen LogP contribution in [-0.2, 0) is 14.4 Å². The number of anilines is 1. The van der Waals surface area contributed by atoms with E-state index in [1.807, 2.05) is 75.9 Å². The number of hydrogen-bond acceptors (Lipinski definition) is 5. The number of nitrogens with zero attached hydrogens (tertiary/aromatic N) is 3. The van der Waals surface area contributed by atoms with Gasteiger partial charge in [0.1, 0.15) is 6.04 Å². The highest BCUT2D eigenvalue weighted by Gasteiger charge is 2.65. The van der Waals surface area contributed by atoms with Crippen LogP contribution < -0.4 is 4.90 Å². The molecular formula is C26H29N3O3. The van der Waals surface area contributed by atoms with Crippen molar-refractivity contribution in [2.45, 2.75) is 59.2 Å². The lowest BCUT2D eigenvalue weighted by Crippen LogP contribution is -2.52. The van der Waals surface area contributed by atoms with Gasteiger partial charge in [0, 0.05) is 23.0 Å². The fourth-order valence-corrected chi connectivity index (χ4v) is 5.56. The van der Waals surface area contributed by atoms with Crippen molar-refractivity contribution in [1.29, 1.82) is 0 Å². The lowest BCUT2D eigenvalue weighted by atomic mass is 9.79. The number of carbonyl (C=O) groups excluding carboxylic acids is 3. The number of fused-ring (bicyclic) bond motifs is 7. The second-order valence-corrected chi connectivity index (χ2v) is 10.2. The van der Waals surface area contributed by atoms with Gasteiger partial charge in [-0.05, 0) is 25.0 Å². The molecule has 0 radical (unpaired) electrons. The molecule has 2 saturated heterocycles. The Balaban J connectivity index is 1.74. The first-order valence-corrected chi connectivity index (χ1v) is 11.4. The Kier molecular flexibility index (Phi) is 4.56. The van der Waals surface area contributed by atoms with E-state index < -0.39 is 23.3 Å². The second-order valence-electron chi connectivity index (χ2n) is 10.2. The number of hydrogen-bond donors (Lipinski definition) is 0. The summed E-state index contributed by atoms with van der Waals surface area (Å²) in [5.74, 6) is -1.63. The van der Waals surface area contributed by atoms with E-state index in [2.05, 4.69) is 4.98 Å². The number of amides is 2. The molecule has 0 aliphatic carbocycles. The highest BCUT2D eigenvalue weighted by Crippen LogP contribution is 2.51. The van der Waals surface area contributed by atoms with Crippen molar-refractivity contribution in [1.82, 2.24) is 9.88 Å². The first-order chi connectivity index (χ1) is 15.2. The van der Waals surface area contributed by atoms with E-state index in [0.29, 0.717) is 6.42 Å². The molecule has 3 aliphatic heterocycles. The molecule has 5 atom stereocenters. The molecule has 5 rings (SSSR count). The van der Waals surface area contributed by atoms with Crippen LogP contribution in [0.25, 0.3) is 17.0 Å². The van der Waals surface area contributed by atoms with Gasteiger partial charge in [0.2, 0.25) is 11.8 Å². The number of ketones is 1. The molecule has 2 aromatic rings. The Morgan fingerprint density at radius 1 is 1.12 bits per heavy atom. The lowest BCUT2D eigenvalue weighted by Gasteiger charge is -2.39. The topological polar surface area (TPSA) is 70.6 Å². The molecule has 32 heavy (non-hydrogen) atoms. The largest absolute Gasteiger partial charge is 0.351 e. The van der Waals surface area contributed by atoms with Crippen LogP contribution >= 0.6 is 0 Å². The standard InChI is InChI=1S/C26H29N3O3/c1-6-14(2)28-24(31)18-17-12-11-16-10-9-15-8-7-13-27-20(15)21(16)29(17)22(19(18)25(28)32)23(30)26(3,4)5/h7-14,17-19,22H,6H2,1-5H3/t14-,17+,18-,19-,22+/m1/s1. The summed E-state index contributed by atoms with van der Waals surface area (Å²) in [5.41, 5.74) is 1.95. The van der Waals surface area contributed by atoms with Crippen LogP contribution in [0.5, 0.6) is 0 Å². The molecule has 1 aromatic heterocycles. The molecule has 0 N–H and O–H groups in total. The van der Waals surface area contributed by atoms with E-state index in [9.17, 15) is 14.4 Å². The van der Waals surface area contributed by atoms with Crippen LogP contribution in [0, 0.1) is 17.3 Å². The summed E-state index contributed by atoms with van der Waals surface area (Å²) in [6.45, 7) is 9.52. The summed E-state index contributed by atoms with van der Waals surface area (Å²) < 4.78 is 0. The highest BCUT2D eigenvalue weighted by molar-refractivity contribution is 6.13. The molecule has 0 unspecified atom stereocenters. The molecule has 4 heterocycles. The molecule has 3 aliphatic rings. The Labute approximate surface area is 188 Å². The summed E-state index contributed by atoms with van der Waals surface area (Å²) in [5, 5.41) is 0.971. The molecule has 1 aromatic carbocycles. The van der Waals surface area contributed by atoms with Crippen molar-refractivity contribution in [2.75, 3.05) is 4.90 Å². The minimum atomic E-state index is -0.702. The van der Waals surface area contributed by atoms with Gasteiger partial charge >= 0.3 is 0 Å². The summed E-state index contributed by atoms with van der Waals surface area (Å²) in [6, 6.07) is 6.70. The van der Waals surface area contributed by atoms with Crippen molar-refractivity contribution >= 4 is 40.3 Å².